The molecule has 1 saturated heterocycles. The van der Waals surface area contributed by atoms with E-state index < -0.39 is 0 Å². The maximum absolute atomic E-state index is 10.0. The Morgan fingerprint density at radius 1 is 0.950 bits per heavy atom. The highest BCUT2D eigenvalue weighted by Gasteiger charge is 2.57. The van der Waals surface area contributed by atoms with Crippen LogP contribution in [0.3, 0.4) is 0 Å². The molecule has 0 spiro atoms. The van der Waals surface area contributed by atoms with Gasteiger partial charge in [-0.25, -0.2) is 0 Å². The summed E-state index contributed by atoms with van der Waals surface area (Å²) < 4.78 is 0. The second-order valence-electron chi connectivity index (χ2n) is 8.76. The van der Waals surface area contributed by atoms with E-state index in [1.165, 1.54) is 45.1 Å². The van der Waals surface area contributed by atoms with Gasteiger partial charge in [0.05, 0.1) is 6.10 Å². The average molecular weight is 277 g/mol. The Kier molecular flexibility index (Phi) is 3.03. The first-order valence-electron chi connectivity index (χ1n) is 8.96. The first-order valence-corrected chi connectivity index (χ1v) is 8.96. The minimum Gasteiger partial charge on any atom is -0.393 e. The minimum atomic E-state index is -0.00775. The predicted molar refractivity (Wildman–Crippen MR) is 81.4 cm³/mol. The SMILES string of the molecule is C[C@]12CC[C@@H](O)C[C@@H]1CC[C@@H]1[C@@H]2CC[C@]2(C)NCC[C@@H]12. The van der Waals surface area contributed by atoms with Crippen molar-refractivity contribution in [3.63, 3.8) is 0 Å². The lowest BCUT2D eigenvalue weighted by atomic mass is 9.46. The Bertz CT molecular complexity index is 397. The lowest BCUT2D eigenvalue weighted by Crippen LogP contribution is -2.57. The van der Waals surface area contributed by atoms with E-state index in [0.29, 0.717) is 11.0 Å². The van der Waals surface area contributed by atoms with Gasteiger partial charge in [0.15, 0.2) is 0 Å². The number of nitrogens with one attached hydrogen (secondary N) is 1. The zero-order valence-corrected chi connectivity index (χ0v) is 13.2. The van der Waals surface area contributed by atoms with Gasteiger partial charge in [-0.2, -0.15) is 0 Å². The van der Waals surface area contributed by atoms with Gasteiger partial charge < -0.3 is 10.4 Å². The van der Waals surface area contributed by atoms with Crippen LogP contribution in [0, 0.1) is 29.1 Å². The van der Waals surface area contributed by atoms with E-state index in [4.69, 9.17) is 0 Å². The molecule has 0 aromatic carbocycles. The van der Waals surface area contributed by atoms with E-state index in [1.54, 1.807) is 0 Å². The molecule has 4 rings (SSSR count). The number of hydrogen-bond donors (Lipinski definition) is 2. The van der Waals surface area contributed by atoms with Crippen molar-refractivity contribution in [3.8, 4) is 0 Å². The summed E-state index contributed by atoms with van der Waals surface area (Å²) in [5.74, 6) is 3.61. The summed E-state index contributed by atoms with van der Waals surface area (Å²) in [5.41, 5.74) is 0.977. The molecular weight excluding hydrogens is 246 g/mol. The standard InChI is InChI=1S/C18H31NO/c1-17-8-5-13(20)11-12(17)3-4-14-15(17)6-9-18(2)16(14)7-10-19-18/h12-16,19-20H,3-11H2,1-2H3/t12-,13+,14+,15-,16-,17-,18-/m0/s1. The van der Waals surface area contributed by atoms with Gasteiger partial charge in [-0.3, -0.25) is 0 Å². The molecule has 2 N–H and O–H groups in total. The molecule has 3 saturated carbocycles. The van der Waals surface area contributed by atoms with Crippen molar-refractivity contribution < 1.29 is 5.11 Å². The van der Waals surface area contributed by atoms with Crippen molar-refractivity contribution in [2.24, 2.45) is 29.1 Å². The molecule has 0 radical (unpaired) electrons. The smallest absolute Gasteiger partial charge is 0.0543 e. The highest BCUT2D eigenvalue weighted by molar-refractivity contribution is 5.10. The first-order chi connectivity index (χ1) is 9.53. The number of hydrogen-bond acceptors (Lipinski definition) is 2. The second-order valence-corrected chi connectivity index (χ2v) is 8.76. The molecule has 2 nitrogen and oxygen atoms in total. The van der Waals surface area contributed by atoms with Crippen molar-refractivity contribution >= 4 is 0 Å². The average Bonchev–Trinajstić information content (AvgIpc) is 2.81. The van der Waals surface area contributed by atoms with E-state index in [9.17, 15) is 5.11 Å². The van der Waals surface area contributed by atoms with Gasteiger partial charge in [-0.1, -0.05) is 6.92 Å². The van der Waals surface area contributed by atoms with E-state index in [1.807, 2.05) is 0 Å². The maximum Gasteiger partial charge on any atom is 0.0543 e. The van der Waals surface area contributed by atoms with Crippen molar-refractivity contribution in [2.45, 2.75) is 76.9 Å². The normalized spacial score (nSPS) is 58.6. The first kappa shape index (κ1) is 13.6. The summed E-state index contributed by atoms with van der Waals surface area (Å²) in [7, 11) is 0. The summed E-state index contributed by atoms with van der Waals surface area (Å²) in [5, 5.41) is 13.9. The van der Waals surface area contributed by atoms with E-state index in [2.05, 4.69) is 19.2 Å². The monoisotopic (exact) mass is 277 g/mol. The summed E-state index contributed by atoms with van der Waals surface area (Å²) in [4.78, 5) is 0. The van der Waals surface area contributed by atoms with Crippen LogP contribution in [-0.2, 0) is 0 Å². The molecule has 0 amide bonds. The van der Waals surface area contributed by atoms with Crippen LogP contribution in [0.4, 0.5) is 0 Å². The van der Waals surface area contributed by atoms with Crippen LogP contribution in [0.25, 0.3) is 0 Å². The van der Waals surface area contributed by atoms with Crippen LogP contribution in [0.2, 0.25) is 0 Å². The van der Waals surface area contributed by atoms with Crippen molar-refractivity contribution in [1.82, 2.24) is 5.32 Å². The van der Waals surface area contributed by atoms with Gasteiger partial charge in [0.2, 0.25) is 0 Å². The number of rotatable bonds is 0. The van der Waals surface area contributed by atoms with Crippen LogP contribution in [0.1, 0.15) is 65.2 Å². The fraction of sp³-hybridized carbons (Fsp3) is 1.00. The third kappa shape index (κ3) is 1.76. The third-order valence-corrected chi connectivity index (χ3v) is 8.01. The zero-order chi connectivity index (χ0) is 14.0. The quantitative estimate of drug-likeness (QED) is 0.712. The molecule has 1 heterocycles. The van der Waals surface area contributed by atoms with E-state index in [0.717, 1.165) is 36.5 Å². The van der Waals surface area contributed by atoms with Gasteiger partial charge in [-0.15, -0.1) is 0 Å². The van der Waals surface area contributed by atoms with Gasteiger partial charge in [-0.05, 0) is 93.9 Å². The molecule has 1 aliphatic heterocycles. The number of aliphatic hydroxyl groups excluding tert-OH is 1. The second kappa shape index (κ2) is 4.46. The van der Waals surface area contributed by atoms with Crippen LogP contribution in [0.5, 0.6) is 0 Å². The minimum absolute atomic E-state index is 0.00775. The van der Waals surface area contributed by atoms with Crippen molar-refractivity contribution in [3.05, 3.63) is 0 Å². The Hall–Kier alpha value is -0.0800. The molecule has 4 fully saturated rings. The maximum atomic E-state index is 10.0. The van der Waals surface area contributed by atoms with Gasteiger partial charge in [0, 0.05) is 5.54 Å². The fourth-order valence-corrected chi connectivity index (χ4v) is 6.82. The van der Waals surface area contributed by atoms with Crippen LogP contribution < -0.4 is 5.32 Å². The molecule has 7 atom stereocenters. The fourth-order valence-electron chi connectivity index (χ4n) is 6.82. The molecule has 114 valence electrons. The molecule has 0 aromatic rings. The van der Waals surface area contributed by atoms with Crippen LogP contribution >= 0.6 is 0 Å². The summed E-state index contributed by atoms with van der Waals surface area (Å²) in [6, 6.07) is 0. The lowest BCUT2D eigenvalue weighted by Gasteiger charge is -2.60. The van der Waals surface area contributed by atoms with Crippen LogP contribution in [0.15, 0.2) is 0 Å². The summed E-state index contributed by atoms with van der Waals surface area (Å²) in [6.07, 6.45) is 10.4. The highest BCUT2D eigenvalue weighted by Crippen LogP contribution is 2.62. The Balaban J connectivity index is 1.62. The van der Waals surface area contributed by atoms with Gasteiger partial charge >= 0.3 is 0 Å². The lowest BCUT2D eigenvalue weighted by molar-refractivity contribution is -0.110. The molecule has 20 heavy (non-hydrogen) atoms. The molecule has 0 aromatic heterocycles. The third-order valence-electron chi connectivity index (χ3n) is 8.01. The van der Waals surface area contributed by atoms with Gasteiger partial charge in [0.25, 0.3) is 0 Å². The summed E-state index contributed by atoms with van der Waals surface area (Å²) in [6.45, 7) is 6.30. The molecule has 2 heteroatoms. The van der Waals surface area contributed by atoms with Crippen molar-refractivity contribution in [1.29, 1.82) is 0 Å². The number of fused-ring (bicyclic) bond motifs is 5. The van der Waals surface area contributed by atoms with E-state index in [-0.39, 0.29) is 6.10 Å². The molecule has 3 aliphatic carbocycles. The summed E-state index contributed by atoms with van der Waals surface area (Å²) >= 11 is 0. The van der Waals surface area contributed by atoms with E-state index >= 15 is 0 Å². The van der Waals surface area contributed by atoms with Crippen molar-refractivity contribution in [2.75, 3.05) is 6.54 Å². The van der Waals surface area contributed by atoms with Gasteiger partial charge in [0.1, 0.15) is 0 Å². The Labute approximate surface area is 123 Å². The highest BCUT2D eigenvalue weighted by atomic mass is 16.3. The molecule has 4 aliphatic rings. The molecular formula is C18H31NO. The Morgan fingerprint density at radius 2 is 1.80 bits per heavy atom. The number of aliphatic hydroxyl groups is 1. The van der Waals surface area contributed by atoms with Crippen LogP contribution in [-0.4, -0.2) is 23.3 Å². The molecule has 0 unspecified atom stereocenters. The largest absolute Gasteiger partial charge is 0.393 e. The predicted octanol–water partition coefficient (Wildman–Crippen LogP) is 3.34. The topological polar surface area (TPSA) is 32.3 Å². The zero-order valence-electron chi connectivity index (χ0n) is 13.2. The molecule has 0 bridgehead atoms. The Morgan fingerprint density at radius 3 is 2.65 bits per heavy atom.